The van der Waals surface area contributed by atoms with E-state index in [9.17, 15) is 4.79 Å². The standard InChI is InChI=1S/C25H30N2.C10H12O/c1-5-14-22-19(4)27(24(7-3)26-23(22)6-2)25(20-15-10-8-11-16-20)21-17-12-9-13-18-21;1-8(9(2)11)10-6-4-3-5-7-10/h8-13,15-18,25H,4-7,14H2,1-3H3;3-8H,1-2H3. The van der Waals surface area contributed by atoms with Crippen LogP contribution in [-0.4, -0.2) is 16.5 Å². The van der Waals surface area contributed by atoms with Crippen molar-refractivity contribution in [3.8, 4) is 0 Å². The number of carbonyl (C=O) groups excluding carboxylic acids is 1. The lowest BCUT2D eigenvalue weighted by Crippen LogP contribution is -2.37. The van der Waals surface area contributed by atoms with E-state index in [1.165, 1.54) is 22.4 Å². The monoisotopic (exact) mass is 506 g/mol. The predicted octanol–water partition coefficient (Wildman–Crippen LogP) is 9.26. The van der Waals surface area contributed by atoms with Gasteiger partial charge in [0, 0.05) is 23.7 Å². The van der Waals surface area contributed by atoms with Gasteiger partial charge in [-0.2, -0.15) is 0 Å². The molecule has 1 unspecified atom stereocenters. The molecule has 0 fully saturated rings. The number of rotatable bonds is 9. The van der Waals surface area contributed by atoms with Gasteiger partial charge in [0.15, 0.2) is 0 Å². The number of hydrogen-bond donors (Lipinski definition) is 0. The minimum absolute atomic E-state index is 0.0381. The second-order valence-corrected chi connectivity index (χ2v) is 9.69. The molecule has 3 heteroatoms. The second-order valence-electron chi connectivity index (χ2n) is 9.69. The molecule has 0 aliphatic carbocycles. The third kappa shape index (κ3) is 6.98. The van der Waals surface area contributed by atoms with Crippen molar-refractivity contribution in [1.82, 2.24) is 4.90 Å². The molecule has 1 aliphatic rings. The molecule has 38 heavy (non-hydrogen) atoms. The van der Waals surface area contributed by atoms with Gasteiger partial charge in [-0.3, -0.25) is 4.79 Å². The summed E-state index contributed by atoms with van der Waals surface area (Å²) in [5.74, 6) is 1.36. The number of allylic oxidation sites excluding steroid dienone is 2. The summed E-state index contributed by atoms with van der Waals surface area (Å²) in [7, 11) is 0. The largest absolute Gasteiger partial charge is 0.318 e. The van der Waals surface area contributed by atoms with Crippen molar-refractivity contribution in [2.75, 3.05) is 0 Å². The van der Waals surface area contributed by atoms with Crippen LogP contribution in [0, 0.1) is 0 Å². The van der Waals surface area contributed by atoms with Crippen molar-refractivity contribution in [1.29, 1.82) is 0 Å². The van der Waals surface area contributed by atoms with Crippen molar-refractivity contribution >= 4 is 11.6 Å². The van der Waals surface area contributed by atoms with Gasteiger partial charge in [0.25, 0.3) is 0 Å². The maximum Gasteiger partial charge on any atom is 0.136 e. The highest BCUT2D eigenvalue weighted by Crippen LogP contribution is 2.39. The molecule has 4 rings (SSSR count). The first-order valence-corrected chi connectivity index (χ1v) is 13.9. The Kier molecular flexibility index (Phi) is 10.8. The van der Waals surface area contributed by atoms with Crippen LogP contribution in [0.15, 0.2) is 120 Å². The maximum atomic E-state index is 10.9. The second kappa shape index (κ2) is 14.3. The first kappa shape index (κ1) is 28.8. The number of aliphatic imine (C=N–C) groups is 1. The Labute approximate surface area is 229 Å². The van der Waals surface area contributed by atoms with Crippen molar-refractivity contribution < 1.29 is 4.79 Å². The van der Waals surface area contributed by atoms with Crippen molar-refractivity contribution in [2.24, 2.45) is 4.99 Å². The van der Waals surface area contributed by atoms with E-state index in [1.54, 1.807) is 6.92 Å². The average Bonchev–Trinajstić information content (AvgIpc) is 2.96. The van der Waals surface area contributed by atoms with Crippen LogP contribution in [0.3, 0.4) is 0 Å². The Bertz CT molecular complexity index is 1200. The maximum absolute atomic E-state index is 10.9. The van der Waals surface area contributed by atoms with E-state index >= 15 is 0 Å². The van der Waals surface area contributed by atoms with Gasteiger partial charge in [0.2, 0.25) is 0 Å². The number of benzene rings is 3. The Morgan fingerprint density at radius 3 is 1.66 bits per heavy atom. The van der Waals surface area contributed by atoms with Gasteiger partial charge in [0.05, 0.1) is 6.04 Å². The molecule has 3 nitrogen and oxygen atoms in total. The molecule has 198 valence electrons. The van der Waals surface area contributed by atoms with Gasteiger partial charge >= 0.3 is 0 Å². The Morgan fingerprint density at radius 1 is 0.789 bits per heavy atom. The topological polar surface area (TPSA) is 32.7 Å². The van der Waals surface area contributed by atoms with Crippen molar-refractivity contribution in [2.45, 2.75) is 72.3 Å². The van der Waals surface area contributed by atoms with Gasteiger partial charge in [-0.15, -0.1) is 0 Å². The highest BCUT2D eigenvalue weighted by atomic mass is 16.1. The number of ketones is 1. The smallest absolute Gasteiger partial charge is 0.136 e. The molecule has 1 atom stereocenters. The van der Waals surface area contributed by atoms with E-state index in [1.807, 2.05) is 37.3 Å². The third-order valence-corrected chi connectivity index (χ3v) is 7.08. The molecule has 0 N–H and O–H groups in total. The van der Waals surface area contributed by atoms with E-state index in [0.717, 1.165) is 42.8 Å². The molecule has 0 aromatic heterocycles. The molecule has 0 bridgehead atoms. The van der Waals surface area contributed by atoms with Crippen LogP contribution in [0.1, 0.15) is 89.0 Å². The summed E-state index contributed by atoms with van der Waals surface area (Å²) in [6.45, 7) is 14.7. The van der Waals surface area contributed by atoms with Crippen molar-refractivity contribution in [3.63, 3.8) is 0 Å². The number of amidine groups is 1. The van der Waals surface area contributed by atoms with E-state index in [0.29, 0.717) is 0 Å². The molecule has 1 heterocycles. The van der Waals surface area contributed by atoms with E-state index < -0.39 is 0 Å². The minimum Gasteiger partial charge on any atom is -0.318 e. The molecular weight excluding hydrogens is 464 g/mol. The zero-order valence-electron chi connectivity index (χ0n) is 23.7. The fourth-order valence-corrected chi connectivity index (χ4v) is 4.87. The van der Waals surface area contributed by atoms with E-state index in [2.05, 4.69) is 92.9 Å². The first-order chi connectivity index (χ1) is 18.4. The summed E-state index contributed by atoms with van der Waals surface area (Å²) in [5.41, 5.74) is 7.26. The van der Waals surface area contributed by atoms with Crippen LogP contribution in [-0.2, 0) is 4.79 Å². The van der Waals surface area contributed by atoms with Crippen LogP contribution in [0.5, 0.6) is 0 Å². The molecule has 0 saturated heterocycles. The minimum atomic E-state index is 0.0381. The lowest BCUT2D eigenvalue weighted by molar-refractivity contribution is -0.118. The Balaban J connectivity index is 0.000000304. The molecule has 0 radical (unpaired) electrons. The summed E-state index contributed by atoms with van der Waals surface area (Å²) < 4.78 is 0. The van der Waals surface area contributed by atoms with Crippen LogP contribution >= 0.6 is 0 Å². The lowest BCUT2D eigenvalue weighted by atomic mass is 9.92. The van der Waals surface area contributed by atoms with Gasteiger partial charge < -0.3 is 4.90 Å². The highest BCUT2D eigenvalue weighted by molar-refractivity contribution is 5.88. The molecule has 0 spiro atoms. The summed E-state index contributed by atoms with van der Waals surface area (Å²) in [6, 6.07) is 31.3. The van der Waals surface area contributed by atoms with Crippen LogP contribution < -0.4 is 0 Å². The molecule has 3 aromatic rings. The first-order valence-electron chi connectivity index (χ1n) is 13.9. The lowest BCUT2D eigenvalue weighted by Gasteiger charge is -2.40. The average molecular weight is 507 g/mol. The predicted molar refractivity (Wildman–Crippen MR) is 161 cm³/mol. The van der Waals surface area contributed by atoms with E-state index in [-0.39, 0.29) is 17.7 Å². The Morgan fingerprint density at radius 2 is 1.26 bits per heavy atom. The normalized spacial score (nSPS) is 14.1. The van der Waals surface area contributed by atoms with E-state index in [4.69, 9.17) is 4.99 Å². The van der Waals surface area contributed by atoms with Crippen LogP contribution in [0.2, 0.25) is 0 Å². The molecule has 1 aliphatic heterocycles. The molecule has 3 aromatic carbocycles. The number of nitrogens with zero attached hydrogens (tertiary/aromatic N) is 2. The number of Topliss-reactive ketones (excluding diaryl/α,β-unsaturated/α-hetero) is 1. The number of hydrogen-bond acceptors (Lipinski definition) is 3. The summed E-state index contributed by atoms with van der Waals surface area (Å²) >= 11 is 0. The fraction of sp³-hybridized carbons (Fsp3) is 0.314. The molecule has 0 amide bonds. The van der Waals surface area contributed by atoms with Crippen LogP contribution in [0.4, 0.5) is 0 Å². The quantitative estimate of drug-likeness (QED) is 0.290. The van der Waals surface area contributed by atoms with Gasteiger partial charge in [-0.1, -0.05) is 132 Å². The third-order valence-electron chi connectivity index (χ3n) is 7.08. The van der Waals surface area contributed by atoms with Crippen LogP contribution in [0.25, 0.3) is 0 Å². The zero-order chi connectivity index (χ0) is 27.5. The van der Waals surface area contributed by atoms with Gasteiger partial charge in [-0.25, -0.2) is 4.99 Å². The van der Waals surface area contributed by atoms with Gasteiger partial charge in [-0.05, 0) is 42.0 Å². The molecular formula is C35H42N2O. The van der Waals surface area contributed by atoms with Crippen molar-refractivity contribution in [3.05, 3.63) is 131 Å². The summed E-state index contributed by atoms with van der Waals surface area (Å²) in [4.78, 5) is 18.4. The Hall–Kier alpha value is -3.72. The van der Waals surface area contributed by atoms with Gasteiger partial charge in [0.1, 0.15) is 11.6 Å². The zero-order valence-corrected chi connectivity index (χ0v) is 23.7. The summed E-state index contributed by atoms with van der Waals surface area (Å²) in [6.07, 6.45) is 3.96. The fourth-order valence-electron chi connectivity index (χ4n) is 4.87. The number of carbonyl (C=O) groups is 1. The highest BCUT2D eigenvalue weighted by Gasteiger charge is 2.31. The SMILES string of the molecule is C=C1C(CCC)=C(CC)N=C(CC)N1C(c1ccccc1)c1ccccc1.CC(=O)C(C)c1ccccc1. The summed E-state index contributed by atoms with van der Waals surface area (Å²) in [5, 5.41) is 0. The molecule has 0 saturated carbocycles.